The Bertz CT molecular complexity index is 711. The fourth-order valence-corrected chi connectivity index (χ4v) is 3.12. The Kier molecular flexibility index (Phi) is 5.74. The molecule has 1 aliphatic rings. The summed E-state index contributed by atoms with van der Waals surface area (Å²) < 4.78 is 19.4. The van der Waals surface area contributed by atoms with Crippen molar-refractivity contribution in [1.29, 1.82) is 0 Å². The van der Waals surface area contributed by atoms with Gasteiger partial charge in [0.2, 0.25) is 5.91 Å². The second-order valence-electron chi connectivity index (χ2n) is 6.35. The molecule has 2 aromatic carbocycles. The number of ether oxygens (including phenoxy) is 1. The monoisotopic (exact) mass is 405 g/mol. The summed E-state index contributed by atoms with van der Waals surface area (Å²) in [5, 5.41) is 3.05. The van der Waals surface area contributed by atoms with Crippen LogP contribution in [0.1, 0.15) is 31.2 Å². The van der Waals surface area contributed by atoms with Gasteiger partial charge in [-0.1, -0.05) is 28.1 Å². The third-order valence-electron chi connectivity index (χ3n) is 4.52. The summed E-state index contributed by atoms with van der Waals surface area (Å²) in [5.41, 5.74) is 0.763. The SMILES string of the molecule is O=C(NCCCCOc1ccc(F)cc1)C1(c2ccc(Br)cc2)CC1. The van der Waals surface area contributed by atoms with E-state index < -0.39 is 0 Å². The number of halogens is 2. The van der Waals surface area contributed by atoms with Crippen molar-refractivity contribution in [2.75, 3.05) is 13.2 Å². The van der Waals surface area contributed by atoms with Crippen molar-refractivity contribution in [3.05, 3.63) is 64.4 Å². The van der Waals surface area contributed by atoms with Crippen LogP contribution in [0.2, 0.25) is 0 Å². The Morgan fingerprint density at radius 1 is 1.08 bits per heavy atom. The molecule has 0 aliphatic heterocycles. The highest BCUT2D eigenvalue weighted by molar-refractivity contribution is 9.10. The van der Waals surface area contributed by atoms with Crippen molar-refractivity contribution >= 4 is 21.8 Å². The first-order chi connectivity index (χ1) is 12.1. The van der Waals surface area contributed by atoms with Gasteiger partial charge < -0.3 is 10.1 Å². The third-order valence-corrected chi connectivity index (χ3v) is 5.05. The Morgan fingerprint density at radius 3 is 2.40 bits per heavy atom. The molecular formula is C20H21BrFNO2. The summed E-state index contributed by atoms with van der Waals surface area (Å²) in [4.78, 5) is 12.5. The van der Waals surface area contributed by atoms with Crippen LogP contribution < -0.4 is 10.1 Å². The van der Waals surface area contributed by atoms with Crippen LogP contribution >= 0.6 is 15.9 Å². The zero-order valence-electron chi connectivity index (χ0n) is 13.9. The highest BCUT2D eigenvalue weighted by Gasteiger charge is 2.50. The second-order valence-corrected chi connectivity index (χ2v) is 7.27. The fraction of sp³-hybridized carbons (Fsp3) is 0.350. The van der Waals surface area contributed by atoms with E-state index >= 15 is 0 Å². The molecule has 1 saturated carbocycles. The van der Waals surface area contributed by atoms with Gasteiger partial charge in [-0.2, -0.15) is 0 Å². The van der Waals surface area contributed by atoms with Crippen LogP contribution in [0.4, 0.5) is 4.39 Å². The van der Waals surface area contributed by atoms with Gasteiger partial charge in [-0.05, 0) is 67.6 Å². The molecule has 0 heterocycles. The highest BCUT2D eigenvalue weighted by Crippen LogP contribution is 2.48. The largest absolute Gasteiger partial charge is 0.494 e. The van der Waals surface area contributed by atoms with E-state index in [4.69, 9.17) is 4.74 Å². The minimum Gasteiger partial charge on any atom is -0.494 e. The molecule has 0 atom stereocenters. The highest BCUT2D eigenvalue weighted by atomic mass is 79.9. The molecule has 132 valence electrons. The Labute approximate surface area is 155 Å². The quantitative estimate of drug-likeness (QED) is 0.651. The summed E-state index contributed by atoms with van der Waals surface area (Å²) in [6.45, 7) is 1.20. The van der Waals surface area contributed by atoms with Crippen LogP contribution in [0.15, 0.2) is 53.0 Å². The van der Waals surface area contributed by atoms with Crippen molar-refractivity contribution in [2.24, 2.45) is 0 Å². The molecule has 0 aromatic heterocycles. The summed E-state index contributed by atoms with van der Waals surface area (Å²) in [7, 11) is 0. The number of unbranched alkanes of at least 4 members (excludes halogenated alkanes) is 1. The molecule has 25 heavy (non-hydrogen) atoms. The molecule has 0 unspecified atom stereocenters. The van der Waals surface area contributed by atoms with Crippen molar-refractivity contribution in [3.63, 3.8) is 0 Å². The van der Waals surface area contributed by atoms with E-state index in [0.717, 1.165) is 35.7 Å². The molecule has 0 saturated heterocycles. The summed E-state index contributed by atoms with van der Waals surface area (Å²) >= 11 is 3.42. The summed E-state index contributed by atoms with van der Waals surface area (Å²) in [6.07, 6.45) is 3.51. The van der Waals surface area contributed by atoms with Gasteiger partial charge >= 0.3 is 0 Å². The molecule has 0 spiro atoms. The maximum atomic E-state index is 12.8. The first-order valence-corrected chi connectivity index (χ1v) is 9.32. The first-order valence-electron chi connectivity index (χ1n) is 8.53. The van der Waals surface area contributed by atoms with E-state index in [9.17, 15) is 9.18 Å². The van der Waals surface area contributed by atoms with Gasteiger partial charge in [0.05, 0.1) is 12.0 Å². The molecule has 2 aromatic rings. The van der Waals surface area contributed by atoms with Crippen molar-refractivity contribution in [3.8, 4) is 5.75 Å². The van der Waals surface area contributed by atoms with Crippen molar-refractivity contribution < 1.29 is 13.9 Å². The lowest BCUT2D eigenvalue weighted by atomic mass is 9.95. The number of amides is 1. The molecule has 5 heteroatoms. The Morgan fingerprint density at radius 2 is 1.76 bits per heavy atom. The topological polar surface area (TPSA) is 38.3 Å². The zero-order chi connectivity index (χ0) is 17.7. The average Bonchev–Trinajstić information content (AvgIpc) is 3.42. The van der Waals surface area contributed by atoms with E-state index in [-0.39, 0.29) is 17.1 Å². The van der Waals surface area contributed by atoms with Gasteiger partial charge in [-0.25, -0.2) is 4.39 Å². The third kappa shape index (κ3) is 4.60. The molecule has 0 bridgehead atoms. The fourth-order valence-electron chi connectivity index (χ4n) is 2.86. The van der Waals surface area contributed by atoms with E-state index in [1.807, 2.05) is 24.3 Å². The van der Waals surface area contributed by atoms with Crippen molar-refractivity contribution in [2.45, 2.75) is 31.1 Å². The minimum absolute atomic E-state index is 0.120. The molecule has 3 nitrogen and oxygen atoms in total. The second kappa shape index (κ2) is 8.00. The van der Waals surface area contributed by atoms with Gasteiger partial charge in [0, 0.05) is 11.0 Å². The lowest BCUT2D eigenvalue weighted by Gasteiger charge is -2.16. The summed E-state index contributed by atoms with van der Waals surface area (Å²) in [6, 6.07) is 14.0. The van der Waals surface area contributed by atoms with Gasteiger partial charge in [0.15, 0.2) is 0 Å². The van der Waals surface area contributed by atoms with E-state index in [1.54, 1.807) is 12.1 Å². The maximum absolute atomic E-state index is 12.8. The number of rotatable bonds is 8. The van der Waals surface area contributed by atoms with Crippen LogP contribution in [0, 0.1) is 5.82 Å². The van der Waals surface area contributed by atoms with Crippen molar-refractivity contribution in [1.82, 2.24) is 5.32 Å². The van der Waals surface area contributed by atoms with Crippen LogP contribution in [0.5, 0.6) is 5.75 Å². The first kappa shape index (κ1) is 17.9. The molecular weight excluding hydrogens is 385 g/mol. The number of carbonyl (C=O) groups excluding carboxylic acids is 1. The van der Waals surface area contributed by atoms with Gasteiger partial charge in [-0.3, -0.25) is 4.79 Å². The molecule has 1 N–H and O–H groups in total. The Hall–Kier alpha value is -1.88. The van der Waals surface area contributed by atoms with Gasteiger partial charge in [-0.15, -0.1) is 0 Å². The average molecular weight is 406 g/mol. The molecule has 0 radical (unpaired) electrons. The van der Waals surface area contributed by atoms with Crippen LogP contribution in [-0.2, 0) is 10.2 Å². The number of hydrogen-bond acceptors (Lipinski definition) is 2. The van der Waals surface area contributed by atoms with Crippen LogP contribution in [0.25, 0.3) is 0 Å². The lowest BCUT2D eigenvalue weighted by Crippen LogP contribution is -2.35. The van der Waals surface area contributed by atoms with E-state index in [0.29, 0.717) is 18.9 Å². The molecule has 1 fully saturated rings. The molecule has 1 amide bonds. The van der Waals surface area contributed by atoms with E-state index in [1.165, 1.54) is 12.1 Å². The van der Waals surface area contributed by atoms with Crippen LogP contribution in [0.3, 0.4) is 0 Å². The number of carbonyl (C=O) groups is 1. The van der Waals surface area contributed by atoms with E-state index in [2.05, 4.69) is 21.2 Å². The predicted octanol–water partition coefficient (Wildman–Crippen LogP) is 4.60. The number of benzene rings is 2. The number of hydrogen-bond donors (Lipinski definition) is 1. The van der Waals surface area contributed by atoms with Gasteiger partial charge in [0.25, 0.3) is 0 Å². The smallest absolute Gasteiger partial charge is 0.230 e. The molecule has 3 rings (SSSR count). The number of nitrogens with one attached hydrogen (secondary N) is 1. The normalized spacial score (nSPS) is 14.8. The maximum Gasteiger partial charge on any atom is 0.230 e. The lowest BCUT2D eigenvalue weighted by molar-refractivity contribution is -0.123. The zero-order valence-corrected chi connectivity index (χ0v) is 15.5. The standard InChI is InChI=1S/C20H21BrFNO2/c21-16-5-3-15(4-6-16)20(11-12-20)19(24)23-13-1-2-14-25-18-9-7-17(22)8-10-18/h3-10H,1-2,11-14H2,(H,23,24). The Balaban J connectivity index is 1.37. The van der Waals surface area contributed by atoms with Gasteiger partial charge in [0.1, 0.15) is 11.6 Å². The minimum atomic E-state index is -0.328. The molecule has 1 aliphatic carbocycles. The predicted molar refractivity (Wildman–Crippen MR) is 99.2 cm³/mol. The van der Waals surface area contributed by atoms with Crippen LogP contribution in [-0.4, -0.2) is 19.1 Å². The summed E-state index contributed by atoms with van der Waals surface area (Å²) in [5.74, 6) is 0.515.